The molecule has 3 N–H and O–H groups in total. The molecule has 0 radical (unpaired) electrons. The summed E-state index contributed by atoms with van der Waals surface area (Å²) in [4.78, 5) is 40.2. The molecule has 146 valence electrons. The van der Waals surface area contributed by atoms with Gasteiger partial charge in [-0.1, -0.05) is 18.2 Å². The number of hydrogen-bond donors (Lipinski definition) is 3. The van der Waals surface area contributed by atoms with Crippen LogP contribution in [0, 0.1) is 4.77 Å². The average Bonchev–Trinajstić information content (AvgIpc) is 3.06. The molecule has 0 fully saturated rings. The lowest BCUT2D eigenvalue weighted by atomic mass is 10.1. The maximum Gasteiger partial charge on any atom is 0.271 e. The van der Waals surface area contributed by atoms with Crippen molar-refractivity contribution in [2.45, 2.75) is 0 Å². The van der Waals surface area contributed by atoms with Gasteiger partial charge in [0.25, 0.3) is 17.4 Å². The van der Waals surface area contributed by atoms with Gasteiger partial charge in [-0.15, -0.1) is 0 Å². The second-order valence-corrected chi connectivity index (χ2v) is 7.02. The van der Waals surface area contributed by atoms with Crippen LogP contribution >= 0.6 is 12.2 Å². The van der Waals surface area contributed by atoms with Gasteiger partial charge in [0.05, 0.1) is 16.5 Å². The largest absolute Gasteiger partial charge is 0.350 e. The quantitative estimate of drug-likeness (QED) is 0.350. The number of aryl methyl sites for hydroxylation is 1. The molecule has 0 unspecified atom stereocenters. The van der Waals surface area contributed by atoms with Crippen LogP contribution < -0.4 is 16.4 Å². The summed E-state index contributed by atoms with van der Waals surface area (Å²) in [6, 6.07) is 12.1. The van der Waals surface area contributed by atoms with Crippen LogP contribution in [-0.2, 0) is 14.1 Å². The minimum Gasteiger partial charge on any atom is -0.350 e. The lowest BCUT2D eigenvalue weighted by Gasteiger charge is -2.08. The number of H-pyrrole nitrogens is 1. The van der Waals surface area contributed by atoms with Gasteiger partial charge in [-0.2, -0.15) is 0 Å². The molecule has 29 heavy (non-hydrogen) atoms. The van der Waals surface area contributed by atoms with Crippen molar-refractivity contribution in [3.8, 4) is 0 Å². The number of fused-ring (bicyclic) bond motifs is 2. The van der Waals surface area contributed by atoms with Gasteiger partial charge in [0.15, 0.2) is 4.77 Å². The van der Waals surface area contributed by atoms with Crippen molar-refractivity contribution in [1.82, 2.24) is 25.0 Å². The van der Waals surface area contributed by atoms with Crippen molar-refractivity contribution in [3.05, 3.63) is 74.9 Å². The fourth-order valence-corrected chi connectivity index (χ4v) is 3.42. The molecule has 0 saturated carbocycles. The van der Waals surface area contributed by atoms with Crippen LogP contribution in [0.1, 0.15) is 20.7 Å². The fraction of sp³-hybridized carbons (Fsp3) is 0.100. The number of nitrogens with one attached hydrogen (secondary N) is 3. The van der Waals surface area contributed by atoms with Gasteiger partial charge in [-0.3, -0.25) is 29.8 Å². The number of rotatable bonds is 2. The van der Waals surface area contributed by atoms with E-state index < -0.39 is 11.8 Å². The third-order valence-electron chi connectivity index (χ3n) is 4.79. The molecule has 0 bridgehead atoms. The number of nitrogens with zero attached hydrogens (tertiary/aromatic N) is 2. The summed E-state index contributed by atoms with van der Waals surface area (Å²) in [5, 5.41) is 1.20. The molecule has 0 aliphatic rings. The highest BCUT2D eigenvalue weighted by Crippen LogP contribution is 2.20. The molecule has 2 aromatic carbocycles. The molecule has 9 heteroatoms. The first-order chi connectivity index (χ1) is 13.9. The van der Waals surface area contributed by atoms with Crippen LogP contribution in [0.5, 0.6) is 0 Å². The zero-order chi connectivity index (χ0) is 20.7. The number of aromatic amines is 1. The first kappa shape index (κ1) is 18.6. The summed E-state index contributed by atoms with van der Waals surface area (Å²) in [6.45, 7) is 0. The predicted molar refractivity (Wildman–Crippen MR) is 112 cm³/mol. The SMILES string of the molecule is Cn1c(=S)[nH]c2cc(C(=O)NNC(=O)c3cn(C)c4ccccc34)ccc2c1=O. The van der Waals surface area contributed by atoms with Crippen molar-refractivity contribution in [2.75, 3.05) is 0 Å². The molecule has 8 nitrogen and oxygen atoms in total. The number of hydrazine groups is 1. The topological polar surface area (TPSA) is 101 Å². The van der Waals surface area contributed by atoms with Gasteiger partial charge in [0.2, 0.25) is 0 Å². The van der Waals surface area contributed by atoms with Gasteiger partial charge >= 0.3 is 0 Å². The van der Waals surface area contributed by atoms with E-state index in [-0.39, 0.29) is 15.9 Å². The summed E-state index contributed by atoms with van der Waals surface area (Å²) in [5.74, 6) is -0.940. The molecule has 0 atom stereocenters. The van der Waals surface area contributed by atoms with Crippen LogP contribution in [0.2, 0.25) is 0 Å². The van der Waals surface area contributed by atoms with Gasteiger partial charge in [-0.25, -0.2) is 0 Å². The Morgan fingerprint density at radius 1 is 1.00 bits per heavy atom. The van der Waals surface area contributed by atoms with Crippen molar-refractivity contribution in [2.24, 2.45) is 14.1 Å². The number of para-hydroxylation sites is 1. The second kappa shape index (κ2) is 7.02. The molecule has 4 aromatic rings. The number of hydrogen-bond acceptors (Lipinski definition) is 4. The van der Waals surface area contributed by atoms with E-state index in [2.05, 4.69) is 15.8 Å². The minimum atomic E-state index is -0.513. The zero-order valence-electron chi connectivity index (χ0n) is 15.6. The number of carbonyl (C=O) groups excluding carboxylic acids is 2. The molecule has 0 spiro atoms. The van der Waals surface area contributed by atoms with Crippen LogP contribution in [0.4, 0.5) is 0 Å². The van der Waals surface area contributed by atoms with Crippen LogP contribution in [0.15, 0.2) is 53.5 Å². The fourth-order valence-electron chi connectivity index (χ4n) is 3.22. The Labute approximate surface area is 169 Å². The van der Waals surface area contributed by atoms with Gasteiger partial charge in [-0.05, 0) is 36.5 Å². The highest BCUT2D eigenvalue weighted by atomic mass is 32.1. The van der Waals surface area contributed by atoms with E-state index in [9.17, 15) is 14.4 Å². The molecular weight excluding hydrogens is 390 g/mol. The Morgan fingerprint density at radius 3 is 2.52 bits per heavy atom. The lowest BCUT2D eigenvalue weighted by molar-refractivity contribution is 0.0847. The molecule has 0 saturated heterocycles. The van der Waals surface area contributed by atoms with Crippen molar-refractivity contribution in [1.29, 1.82) is 0 Å². The number of aromatic nitrogens is 3. The summed E-state index contributed by atoms with van der Waals surface area (Å²) >= 11 is 5.11. The third kappa shape index (κ3) is 3.21. The zero-order valence-corrected chi connectivity index (χ0v) is 16.5. The summed E-state index contributed by atoms with van der Waals surface area (Å²) in [5.41, 5.74) is 6.68. The van der Waals surface area contributed by atoms with E-state index >= 15 is 0 Å². The van der Waals surface area contributed by atoms with Crippen LogP contribution in [-0.4, -0.2) is 25.9 Å². The van der Waals surface area contributed by atoms with Crippen molar-refractivity contribution >= 4 is 45.8 Å². The van der Waals surface area contributed by atoms with Crippen LogP contribution in [0.3, 0.4) is 0 Å². The Hall–Kier alpha value is -3.72. The highest BCUT2D eigenvalue weighted by molar-refractivity contribution is 7.71. The molecule has 2 amide bonds. The van der Waals surface area contributed by atoms with Crippen LogP contribution in [0.25, 0.3) is 21.8 Å². The third-order valence-corrected chi connectivity index (χ3v) is 5.17. The summed E-state index contributed by atoms with van der Waals surface area (Å²) in [7, 11) is 3.42. The number of benzene rings is 2. The Kier molecular flexibility index (Phi) is 4.51. The Morgan fingerprint density at radius 2 is 1.72 bits per heavy atom. The maximum atomic E-state index is 12.5. The standard InChI is InChI=1S/C20H17N5O3S/c1-24-10-14(12-5-3-4-6-16(12)24)18(27)23-22-17(26)11-7-8-13-15(9-11)21-20(29)25(2)19(13)28/h3-10H,1-2H3,(H,21,29)(H,22,26)(H,23,27). The highest BCUT2D eigenvalue weighted by Gasteiger charge is 2.15. The van der Waals surface area contributed by atoms with E-state index in [0.717, 1.165) is 10.9 Å². The number of carbonyl (C=O) groups is 2. The summed E-state index contributed by atoms with van der Waals surface area (Å²) < 4.78 is 3.42. The second-order valence-electron chi connectivity index (χ2n) is 6.63. The molecule has 0 aliphatic heterocycles. The molecule has 4 rings (SSSR count). The maximum absolute atomic E-state index is 12.5. The molecule has 0 aliphatic carbocycles. The number of amides is 2. The van der Waals surface area contributed by atoms with Gasteiger partial charge in [0.1, 0.15) is 0 Å². The lowest BCUT2D eigenvalue weighted by Crippen LogP contribution is -2.41. The molecular formula is C20H17N5O3S. The van der Waals surface area contributed by atoms with E-state index in [1.54, 1.807) is 19.3 Å². The van der Waals surface area contributed by atoms with E-state index in [4.69, 9.17) is 12.2 Å². The van der Waals surface area contributed by atoms with Crippen molar-refractivity contribution in [3.63, 3.8) is 0 Å². The van der Waals surface area contributed by atoms with E-state index in [0.29, 0.717) is 16.5 Å². The predicted octanol–water partition coefficient (Wildman–Crippen LogP) is 2.16. The van der Waals surface area contributed by atoms with Gasteiger partial charge < -0.3 is 9.55 Å². The normalized spacial score (nSPS) is 11.0. The first-order valence-electron chi connectivity index (χ1n) is 8.74. The Bertz CT molecular complexity index is 1410. The van der Waals surface area contributed by atoms with Gasteiger partial charge in [0, 0.05) is 36.8 Å². The average molecular weight is 407 g/mol. The molecule has 2 heterocycles. The van der Waals surface area contributed by atoms with E-state index in [1.165, 1.54) is 16.7 Å². The minimum absolute atomic E-state index is 0.250. The monoisotopic (exact) mass is 407 g/mol. The Balaban J connectivity index is 1.56. The smallest absolute Gasteiger partial charge is 0.271 e. The first-order valence-corrected chi connectivity index (χ1v) is 9.15. The molecule has 2 aromatic heterocycles. The van der Waals surface area contributed by atoms with Crippen molar-refractivity contribution < 1.29 is 9.59 Å². The summed E-state index contributed by atoms with van der Waals surface area (Å²) in [6.07, 6.45) is 1.71. The van der Waals surface area contributed by atoms with E-state index in [1.807, 2.05) is 35.9 Å².